The van der Waals surface area contributed by atoms with Gasteiger partial charge in [-0.1, -0.05) is 11.8 Å². The molecule has 0 atom stereocenters. The van der Waals surface area contributed by atoms with Crippen LogP contribution < -0.4 is 0 Å². The number of nitrogens with zero attached hydrogens (tertiary/aromatic N) is 2. The first-order valence-corrected chi connectivity index (χ1v) is 5.74. The molecule has 0 aromatic carbocycles. The molecule has 1 amide bonds. The highest BCUT2D eigenvalue weighted by Gasteiger charge is 2.21. The average molecular weight is 246 g/mol. The second-order valence-electron chi connectivity index (χ2n) is 3.76. The lowest BCUT2D eigenvalue weighted by Crippen LogP contribution is -2.41. The molecule has 2 rings (SSSR count). The van der Waals surface area contributed by atoms with Crippen molar-refractivity contribution in [2.45, 2.75) is 0 Å². The Bertz CT molecular complexity index is 484. The average Bonchev–Trinajstić information content (AvgIpc) is 2.45. The SMILES string of the molecule is O=C(c1ncccc1C#CCO)N1CCOCC1. The van der Waals surface area contributed by atoms with E-state index >= 15 is 0 Å². The molecule has 1 aliphatic rings. The van der Waals surface area contributed by atoms with Crippen molar-refractivity contribution < 1.29 is 14.6 Å². The van der Waals surface area contributed by atoms with Gasteiger partial charge in [0.25, 0.3) is 5.91 Å². The maximum Gasteiger partial charge on any atom is 0.273 e. The molecule has 2 heterocycles. The summed E-state index contributed by atoms with van der Waals surface area (Å²) < 4.78 is 5.21. The highest BCUT2D eigenvalue weighted by Crippen LogP contribution is 2.09. The van der Waals surface area contributed by atoms with Crippen LogP contribution >= 0.6 is 0 Å². The fraction of sp³-hybridized carbons (Fsp3) is 0.385. The molecule has 1 N–H and O–H groups in total. The minimum Gasteiger partial charge on any atom is -0.384 e. The largest absolute Gasteiger partial charge is 0.384 e. The number of aliphatic hydroxyl groups is 1. The molecular weight excluding hydrogens is 232 g/mol. The van der Waals surface area contributed by atoms with Gasteiger partial charge in [0, 0.05) is 19.3 Å². The van der Waals surface area contributed by atoms with E-state index in [1.54, 1.807) is 23.2 Å². The maximum absolute atomic E-state index is 12.3. The highest BCUT2D eigenvalue weighted by molar-refractivity contribution is 5.94. The number of amides is 1. The summed E-state index contributed by atoms with van der Waals surface area (Å²) >= 11 is 0. The Labute approximate surface area is 105 Å². The number of hydrogen-bond donors (Lipinski definition) is 1. The number of carbonyl (C=O) groups is 1. The number of rotatable bonds is 1. The van der Waals surface area contributed by atoms with Gasteiger partial charge in [0.15, 0.2) is 0 Å². The summed E-state index contributed by atoms with van der Waals surface area (Å²) in [4.78, 5) is 18.1. The van der Waals surface area contributed by atoms with E-state index in [0.29, 0.717) is 37.6 Å². The zero-order valence-corrected chi connectivity index (χ0v) is 9.93. The van der Waals surface area contributed by atoms with Crippen LogP contribution in [0, 0.1) is 11.8 Å². The number of aliphatic hydroxyl groups excluding tert-OH is 1. The van der Waals surface area contributed by atoms with Crippen molar-refractivity contribution in [2.75, 3.05) is 32.9 Å². The van der Waals surface area contributed by atoms with Crippen LogP contribution in [0.4, 0.5) is 0 Å². The smallest absolute Gasteiger partial charge is 0.273 e. The van der Waals surface area contributed by atoms with E-state index in [9.17, 15) is 4.79 Å². The van der Waals surface area contributed by atoms with Crippen molar-refractivity contribution in [2.24, 2.45) is 0 Å². The Morgan fingerprint density at radius 3 is 3.00 bits per heavy atom. The Hall–Kier alpha value is -1.90. The summed E-state index contributed by atoms with van der Waals surface area (Å²) in [6, 6.07) is 3.45. The normalized spacial score (nSPS) is 14.8. The topological polar surface area (TPSA) is 62.7 Å². The highest BCUT2D eigenvalue weighted by atomic mass is 16.5. The lowest BCUT2D eigenvalue weighted by atomic mass is 10.1. The minimum absolute atomic E-state index is 0.138. The fourth-order valence-corrected chi connectivity index (χ4v) is 1.73. The van der Waals surface area contributed by atoms with Gasteiger partial charge in [-0.2, -0.15) is 0 Å². The molecule has 0 saturated carbocycles. The monoisotopic (exact) mass is 246 g/mol. The Morgan fingerprint density at radius 2 is 2.28 bits per heavy atom. The maximum atomic E-state index is 12.3. The van der Waals surface area contributed by atoms with Crippen LogP contribution in [0.2, 0.25) is 0 Å². The summed E-state index contributed by atoms with van der Waals surface area (Å²) in [6.07, 6.45) is 1.57. The molecule has 18 heavy (non-hydrogen) atoms. The zero-order chi connectivity index (χ0) is 12.8. The molecule has 0 bridgehead atoms. The van der Waals surface area contributed by atoms with Crippen LogP contribution in [0.3, 0.4) is 0 Å². The zero-order valence-electron chi connectivity index (χ0n) is 9.93. The fourth-order valence-electron chi connectivity index (χ4n) is 1.73. The molecule has 1 aliphatic heterocycles. The Balaban J connectivity index is 2.23. The van der Waals surface area contributed by atoms with Crippen LogP contribution in [0.15, 0.2) is 18.3 Å². The summed E-state index contributed by atoms with van der Waals surface area (Å²) in [5.74, 6) is 5.14. The standard InChI is InChI=1S/C13H14N2O3/c16-8-2-4-11-3-1-5-14-12(11)13(17)15-6-9-18-10-7-15/h1,3,5,16H,6-10H2. The third-order valence-corrected chi connectivity index (χ3v) is 2.61. The summed E-state index contributed by atoms with van der Waals surface area (Å²) in [5, 5.41) is 8.70. The number of ether oxygens (including phenoxy) is 1. The van der Waals surface area contributed by atoms with E-state index in [-0.39, 0.29) is 12.5 Å². The van der Waals surface area contributed by atoms with Gasteiger partial charge in [0.2, 0.25) is 0 Å². The van der Waals surface area contributed by atoms with Gasteiger partial charge in [0.05, 0.1) is 18.8 Å². The van der Waals surface area contributed by atoms with Crippen molar-refractivity contribution in [1.29, 1.82) is 0 Å². The molecule has 5 nitrogen and oxygen atoms in total. The molecule has 0 aliphatic carbocycles. The molecule has 1 saturated heterocycles. The van der Waals surface area contributed by atoms with Gasteiger partial charge in [0.1, 0.15) is 12.3 Å². The number of hydrogen-bond acceptors (Lipinski definition) is 4. The van der Waals surface area contributed by atoms with Gasteiger partial charge in [-0.15, -0.1) is 0 Å². The number of carbonyl (C=O) groups excluding carboxylic acids is 1. The van der Waals surface area contributed by atoms with E-state index < -0.39 is 0 Å². The van der Waals surface area contributed by atoms with Crippen LogP contribution in [-0.4, -0.2) is 53.8 Å². The molecular formula is C13H14N2O3. The number of morpholine rings is 1. The third kappa shape index (κ3) is 2.86. The van der Waals surface area contributed by atoms with E-state index in [2.05, 4.69) is 16.8 Å². The van der Waals surface area contributed by atoms with E-state index in [1.807, 2.05) is 0 Å². The first-order chi connectivity index (χ1) is 8.83. The second kappa shape index (κ2) is 6.15. The number of aromatic nitrogens is 1. The van der Waals surface area contributed by atoms with Crippen molar-refractivity contribution in [1.82, 2.24) is 9.88 Å². The lowest BCUT2D eigenvalue weighted by molar-refractivity contribution is 0.0299. The molecule has 1 aromatic rings. The van der Waals surface area contributed by atoms with Crippen molar-refractivity contribution in [3.05, 3.63) is 29.6 Å². The van der Waals surface area contributed by atoms with Crippen molar-refractivity contribution in [3.63, 3.8) is 0 Å². The quantitative estimate of drug-likeness (QED) is 0.703. The molecule has 0 spiro atoms. The van der Waals surface area contributed by atoms with E-state index in [1.165, 1.54) is 0 Å². The van der Waals surface area contributed by atoms with Crippen LogP contribution in [-0.2, 0) is 4.74 Å². The van der Waals surface area contributed by atoms with Crippen molar-refractivity contribution in [3.8, 4) is 11.8 Å². The number of pyridine rings is 1. The molecule has 1 fully saturated rings. The predicted octanol–water partition coefficient (Wildman–Crippen LogP) is -0.102. The molecule has 0 radical (unpaired) electrons. The third-order valence-electron chi connectivity index (χ3n) is 2.61. The summed E-state index contributed by atoms with van der Waals surface area (Å²) in [6.45, 7) is 2.01. The predicted molar refractivity (Wildman–Crippen MR) is 64.9 cm³/mol. The van der Waals surface area contributed by atoms with Gasteiger partial charge in [-0.05, 0) is 12.1 Å². The van der Waals surface area contributed by atoms with Gasteiger partial charge < -0.3 is 14.7 Å². The summed E-state index contributed by atoms with van der Waals surface area (Å²) in [5.41, 5.74) is 0.878. The first-order valence-electron chi connectivity index (χ1n) is 5.74. The van der Waals surface area contributed by atoms with Gasteiger partial charge >= 0.3 is 0 Å². The second-order valence-corrected chi connectivity index (χ2v) is 3.76. The molecule has 5 heteroatoms. The van der Waals surface area contributed by atoms with E-state index in [4.69, 9.17) is 9.84 Å². The van der Waals surface area contributed by atoms with E-state index in [0.717, 1.165) is 0 Å². The minimum atomic E-state index is -0.236. The van der Waals surface area contributed by atoms with Gasteiger partial charge in [-0.3, -0.25) is 4.79 Å². The molecule has 0 unspecified atom stereocenters. The molecule has 94 valence electrons. The van der Waals surface area contributed by atoms with Crippen molar-refractivity contribution >= 4 is 5.91 Å². The van der Waals surface area contributed by atoms with Gasteiger partial charge in [-0.25, -0.2) is 4.98 Å². The van der Waals surface area contributed by atoms with Crippen LogP contribution in [0.1, 0.15) is 16.1 Å². The van der Waals surface area contributed by atoms with Crippen LogP contribution in [0.25, 0.3) is 0 Å². The summed E-state index contributed by atoms with van der Waals surface area (Å²) in [7, 11) is 0. The Kier molecular flexibility index (Phi) is 4.29. The molecule has 1 aromatic heterocycles. The first kappa shape index (κ1) is 12.6. The van der Waals surface area contributed by atoms with Crippen LogP contribution in [0.5, 0.6) is 0 Å². The lowest BCUT2D eigenvalue weighted by Gasteiger charge is -2.26. The Morgan fingerprint density at radius 1 is 1.50 bits per heavy atom.